The Bertz CT molecular complexity index is 523. The molecule has 2 nitrogen and oxygen atoms in total. The predicted molar refractivity (Wildman–Crippen MR) is 209 cm³/mol. The van der Waals surface area contributed by atoms with E-state index in [4.69, 9.17) is 5.11 Å². The van der Waals surface area contributed by atoms with E-state index in [0.29, 0.717) is 14.3 Å². The first-order valence-electron chi connectivity index (χ1n) is 20.7. The molecule has 3 heteroatoms. The molecule has 1 N–H and O–H groups in total. The Morgan fingerprint density at radius 1 is 0.400 bits per heavy atom. The third-order valence-corrected chi connectivity index (χ3v) is 12.0. The summed E-state index contributed by atoms with van der Waals surface area (Å²) in [5.41, 5.74) is 0. The van der Waals surface area contributed by atoms with Gasteiger partial charge >= 0.3 is 5.97 Å². The molecule has 45 heavy (non-hydrogen) atoms. The lowest BCUT2D eigenvalue weighted by Gasteiger charge is -2.18. The molecule has 0 aromatic carbocycles. The summed E-state index contributed by atoms with van der Waals surface area (Å²) < 4.78 is 0. The van der Waals surface area contributed by atoms with Crippen LogP contribution in [0.2, 0.25) is 0 Å². The van der Waals surface area contributed by atoms with Crippen LogP contribution in [0.3, 0.4) is 0 Å². The number of carboxylic acid groups (broad SMARTS) is 1. The average Bonchev–Trinajstić information content (AvgIpc) is 3.03. The normalized spacial score (nSPS) is 11.4. The zero-order valence-corrected chi connectivity index (χ0v) is 32.6. The maximum atomic E-state index is 10.3. The van der Waals surface area contributed by atoms with Crippen molar-refractivity contribution >= 4 is 13.9 Å². The van der Waals surface area contributed by atoms with Crippen molar-refractivity contribution in [3.8, 4) is 0 Å². The topological polar surface area (TPSA) is 37.3 Å². The van der Waals surface area contributed by atoms with Crippen LogP contribution in [0.25, 0.3) is 0 Å². The van der Waals surface area contributed by atoms with Gasteiger partial charge in [0.05, 0.1) is 0 Å². The first kappa shape index (κ1) is 46.8. The largest absolute Gasteiger partial charge is 0.481 e. The smallest absolute Gasteiger partial charge is 0.303 e. The van der Waals surface area contributed by atoms with E-state index in [1.54, 1.807) is 18.5 Å². The van der Waals surface area contributed by atoms with Crippen LogP contribution in [0, 0.1) is 0 Å². The lowest BCUT2D eigenvalue weighted by molar-refractivity contribution is -0.137. The number of allylic oxidation sites excluding steroid dienone is 2. The summed E-state index contributed by atoms with van der Waals surface area (Å²) in [6.07, 6.45) is 52.5. The predicted octanol–water partition coefficient (Wildman–Crippen LogP) is 15.7. The summed E-state index contributed by atoms with van der Waals surface area (Å²) in [6, 6.07) is 0. The van der Waals surface area contributed by atoms with Crippen LogP contribution in [-0.2, 0) is 4.79 Å². The second-order valence-electron chi connectivity index (χ2n) is 13.9. The molecule has 0 aromatic heterocycles. The highest BCUT2D eigenvalue weighted by atomic mass is 31.1. The summed E-state index contributed by atoms with van der Waals surface area (Å²) in [5.74, 6) is -0.664. The fraction of sp³-hybridized carbons (Fsp3) is 0.929. The van der Waals surface area contributed by atoms with E-state index in [-0.39, 0.29) is 0 Å². The zero-order valence-electron chi connectivity index (χ0n) is 31.7. The number of hydrogen-bond acceptors (Lipinski definition) is 1. The van der Waals surface area contributed by atoms with E-state index >= 15 is 0 Å². The summed E-state index contributed by atoms with van der Waals surface area (Å²) >= 11 is 0. The van der Waals surface area contributed by atoms with Crippen molar-refractivity contribution in [2.45, 2.75) is 233 Å². The highest BCUT2D eigenvalue weighted by Crippen LogP contribution is 2.39. The molecule has 0 bridgehead atoms. The van der Waals surface area contributed by atoms with Gasteiger partial charge in [0.25, 0.3) is 0 Å². The van der Waals surface area contributed by atoms with Crippen molar-refractivity contribution in [3.05, 3.63) is 12.2 Å². The van der Waals surface area contributed by atoms with Gasteiger partial charge in [-0.1, -0.05) is 188 Å². The molecule has 0 rings (SSSR count). The van der Waals surface area contributed by atoms with Gasteiger partial charge in [0.15, 0.2) is 0 Å². The Hall–Kier alpha value is -0.360. The van der Waals surface area contributed by atoms with E-state index < -0.39 is 5.97 Å². The van der Waals surface area contributed by atoms with Gasteiger partial charge in [-0.15, -0.1) is 7.92 Å². The highest BCUT2D eigenvalue weighted by molar-refractivity contribution is 7.57. The molecule has 0 spiro atoms. The molecular formula is C42H85O2P. The quantitative estimate of drug-likeness (QED) is 0.0415. The summed E-state index contributed by atoms with van der Waals surface area (Å²) in [4.78, 5) is 10.3. The van der Waals surface area contributed by atoms with Gasteiger partial charge in [0, 0.05) is 6.42 Å². The van der Waals surface area contributed by atoms with Crippen LogP contribution >= 0.6 is 7.92 Å². The Labute approximate surface area is 286 Å². The molecule has 270 valence electrons. The molecule has 0 radical (unpaired) electrons. The molecule has 0 atom stereocenters. The number of carboxylic acids is 1. The standard InChI is InChI=1S/C24H51P.C18H34O2/c1-4-7-10-13-16-19-22-25(23-20-17-14-11-8-5-2)24-21-18-15-12-9-6-3;1-2-3-4-5-6-7-8-9-10-11-12-13-14-15-16-17-18(19)20/h4-24H2,1-3H3;9-10H,2-8,11-17H2,1H3,(H,19,20). The van der Waals surface area contributed by atoms with Gasteiger partial charge in [-0.25, -0.2) is 0 Å². The second-order valence-corrected chi connectivity index (χ2v) is 16.6. The molecule has 0 heterocycles. The SMILES string of the molecule is CCCCCCCCC=CCCCCCCCC(=O)O.CCCCCCCCP(CCCCCCCC)CCCCCCCC. The number of hydrogen-bond donors (Lipinski definition) is 1. The van der Waals surface area contributed by atoms with Crippen LogP contribution in [-0.4, -0.2) is 29.6 Å². The lowest BCUT2D eigenvalue weighted by Crippen LogP contribution is -1.97. The fourth-order valence-electron chi connectivity index (χ4n) is 6.03. The molecular weight excluding hydrogens is 567 g/mol. The summed E-state index contributed by atoms with van der Waals surface area (Å²) in [6.45, 7) is 9.22. The van der Waals surface area contributed by atoms with Crippen molar-refractivity contribution in [3.63, 3.8) is 0 Å². The van der Waals surface area contributed by atoms with Crippen molar-refractivity contribution in [2.75, 3.05) is 18.5 Å². The van der Waals surface area contributed by atoms with E-state index in [9.17, 15) is 4.79 Å². The van der Waals surface area contributed by atoms with Crippen molar-refractivity contribution in [1.82, 2.24) is 0 Å². The van der Waals surface area contributed by atoms with Crippen LogP contribution in [0.5, 0.6) is 0 Å². The Balaban J connectivity index is 0. The third kappa shape index (κ3) is 45.8. The molecule has 0 aliphatic rings. The van der Waals surface area contributed by atoms with Crippen LogP contribution < -0.4 is 0 Å². The minimum absolute atomic E-state index is 0.332. The molecule has 0 fully saturated rings. The monoisotopic (exact) mass is 653 g/mol. The van der Waals surface area contributed by atoms with Gasteiger partial charge in [0.1, 0.15) is 0 Å². The van der Waals surface area contributed by atoms with Gasteiger partial charge in [-0.3, -0.25) is 4.79 Å². The van der Waals surface area contributed by atoms with Crippen LogP contribution in [0.15, 0.2) is 12.2 Å². The average molecular weight is 653 g/mol. The molecule has 0 aliphatic carbocycles. The minimum Gasteiger partial charge on any atom is -0.481 e. The minimum atomic E-state index is -0.664. The van der Waals surface area contributed by atoms with E-state index in [1.807, 2.05) is 0 Å². The molecule has 0 aromatic rings. The third-order valence-electron chi connectivity index (χ3n) is 9.14. The van der Waals surface area contributed by atoms with Gasteiger partial charge in [-0.2, -0.15) is 0 Å². The number of rotatable bonds is 36. The van der Waals surface area contributed by atoms with Crippen LogP contribution in [0.4, 0.5) is 0 Å². The maximum absolute atomic E-state index is 10.3. The second kappa shape index (κ2) is 43.6. The first-order valence-corrected chi connectivity index (χ1v) is 22.6. The van der Waals surface area contributed by atoms with Crippen LogP contribution in [0.1, 0.15) is 233 Å². The highest BCUT2D eigenvalue weighted by Gasteiger charge is 2.08. The molecule has 0 unspecified atom stereocenters. The van der Waals surface area contributed by atoms with Gasteiger partial charge < -0.3 is 5.11 Å². The van der Waals surface area contributed by atoms with Gasteiger partial charge in [0.2, 0.25) is 0 Å². The zero-order chi connectivity index (χ0) is 33.3. The first-order chi connectivity index (χ1) is 22.1. The van der Waals surface area contributed by atoms with E-state index in [1.165, 1.54) is 186 Å². The summed E-state index contributed by atoms with van der Waals surface area (Å²) in [7, 11) is 0.366. The molecule has 0 amide bonds. The Morgan fingerprint density at radius 3 is 0.978 bits per heavy atom. The van der Waals surface area contributed by atoms with Crippen molar-refractivity contribution < 1.29 is 9.90 Å². The number of carbonyl (C=O) groups is 1. The lowest BCUT2D eigenvalue weighted by atomic mass is 10.1. The van der Waals surface area contributed by atoms with Crippen molar-refractivity contribution in [1.29, 1.82) is 0 Å². The molecule has 0 aliphatic heterocycles. The summed E-state index contributed by atoms with van der Waals surface area (Å²) in [5, 5.41) is 8.51. The maximum Gasteiger partial charge on any atom is 0.303 e. The van der Waals surface area contributed by atoms with E-state index in [2.05, 4.69) is 39.8 Å². The molecule has 0 saturated carbocycles. The number of aliphatic carboxylic acids is 1. The molecule has 0 saturated heterocycles. The fourth-order valence-corrected chi connectivity index (χ4v) is 8.71. The number of unbranched alkanes of at least 4 members (excludes halogenated alkanes) is 26. The Morgan fingerprint density at radius 2 is 0.667 bits per heavy atom. The van der Waals surface area contributed by atoms with Crippen molar-refractivity contribution in [2.24, 2.45) is 0 Å². The van der Waals surface area contributed by atoms with E-state index in [0.717, 1.165) is 12.8 Å². The van der Waals surface area contributed by atoms with Gasteiger partial charge in [-0.05, 0) is 69.9 Å². The Kier molecular flexibility index (Phi) is 45.3.